The second-order valence-corrected chi connectivity index (χ2v) is 7.89. The Labute approximate surface area is 187 Å². The number of aromatic nitrogens is 1. The molecule has 0 saturated heterocycles. The summed E-state index contributed by atoms with van der Waals surface area (Å²) in [4.78, 5) is 16.6. The van der Waals surface area contributed by atoms with Gasteiger partial charge < -0.3 is 10.1 Å². The van der Waals surface area contributed by atoms with Crippen LogP contribution >= 0.6 is 0 Å². The van der Waals surface area contributed by atoms with E-state index in [2.05, 4.69) is 52.8 Å². The second kappa shape index (κ2) is 9.06. The molecule has 1 amide bonds. The number of carbonyl (C=O) groups is 1. The lowest BCUT2D eigenvalue weighted by molar-refractivity contribution is 0.143. The van der Waals surface area contributed by atoms with Crippen LogP contribution in [-0.2, 0) is 4.74 Å². The molecule has 158 valence electrons. The van der Waals surface area contributed by atoms with Gasteiger partial charge in [0.15, 0.2) is 0 Å². The minimum absolute atomic E-state index is 0.0758. The van der Waals surface area contributed by atoms with Crippen molar-refractivity contribution in [2.24, 2.45) is 0 Å². The number of nitrogens with zero attached hydrogens (tertiary/aromatic N) is 1. The van der Waals surface area contributed by atoms with E-state index in [1.54, 1.807) is 0 Å². The molecule has 4 nitrogen and oxygen atoms in total. The number of amides is 1. The molecule has 3 aromatic carbocycles. The van der Waals surface area contributed by atoms with Crippen LogP contribution in [0.1, 0.15) is 29.0 Å². The SMILES string of the molecule is O=C(NCCC=Cc1cncc2ccccc12)OCC1c2ccccc2-c2ccccc21. The van der Waals surface area contributed by atoms with Crippen molar-refractivity contribution in [1.29, 1.82) is 0 Å². The quantitative estimate of drug-likeness (QED) is 0.379. The molecule has 0 aliphatic heterocycles. The number of pyridine rings is 1. The Morgan fingerprint density at radius 2 is 1.59 bits per heavy atom. The zero-order valence-electron chi connectivity index (χ0n) is 17.7. The highest BCUT2D eigenvalue weighted by Crippen LogP contribution is 2.44. The molecule has 32 heavy (non-hydrogen) atoms. The molecule has 1 N–H and O–H groups in total. The fourth-order valence-corrected chi connectivity index (χ4v) is 4.39. The number of nitrogens with one attached hydrogen (secondary N) is 1. The van der Waals surface area contributed by atoms with Crippen LogP contribution in [0, 0.1) is 0 Å². The van der Waals surface area contributed by atoms with Gasteiger partial charge in [0, 0.05) is 35.8 Å². The maximum absolute atomic E-state index is 12.3. The lowest BCUT2D eigenvalue weighted by atomic mass is 9.98. The molecule has 0 spiro atoms. The van der Waals surface area contributed by atoms with Gasteiger partial charge in [-0.25, -0.2) is 4.79 Å². The normalized spacial score (nSPS) is 12.6. The summed E-state index contributed by atoms with van der Waals surface area (Å²) in [5.41, 5.74) is 5.96. The molecule has 0 bridgehead atoms. The predicted molar refractivity (Wildman–Crippen MR) is 128 cm³/mol. The monoisotopic (exact) mass is 420 g/mol. The number of carbonyl (C=O) groups excluding carboxylic acids is 1. The van der Waals surface area contributed by atoms with Crippen molar-refractivity contribution in [3.8, 4) is 11.1 Å². The summed E-state index contributed by atoms with van der Waals surface area (Å²) in [5.74, 6) is 0.0758. The Morgan fingerprint density at radius 3 is 2.38 bits per heavy atom. The Balaban J connectivity index is 1.14. The standard InChI is InChI=1S/C28H24N2O2/c31-28(30-16-8-7-10-21-18-29-17-20-9-1-2-11-22(20)21)32-19-27-25-14-5-3-12-23(25)24-13-4-6-15-26(24)27/h1-7,9-15,17-18,27H,8,16,19H2,(H,30,31). The van der Waals surface area contributed by atoms with Crippen LogP contribution in [0.15, 0.2) is 91.3 Å². The molecule has 0 fully saturated rings. The van der Waals surface area contributed by atoms with Crippen molar-refractivity contribution in [3.63, 3.8) is 0 Å². The smallest absolute Gasteiger partial charge is 0.407 e. The Kier molecular flexibility index (Phi) is 5.67. The summed E-state index contributed by atoms with van der Waals surface area (Å²) >= 11 is 0. The van der Waals surface area contributed by atoms with Gasteiger partial charge >= 0.3 is 6.09 Å². The molecule has 1 aliphatic carbocycles. The largest absolute Gasteiger partial charge is 0.449 e. The molecule has 5 rings (SSSR count). The summed E-state index contributed by atoms with van der Waals surface area (Å²) in [6.45, 7) is 0.850. The summed E-state index contributed by atoms with van der Waals surface area (Å²) in [6, 6.07) is 24.9. The van der Waals surface area contributed by atoms with Crippen LogP contribution in [-0.4, -0.2) is 24.2 Å². The van der Waals surface area contributed by atoms with Crippen LogP contribution in [0.25, 0.3) is 28.0 Å². The first-order chi connectivity index (χ1) is 15.8. The van der Waals surface area contributed by atoms with Crippen LogP contribution in [0.4, 0.5) is 4.79 Å². The lowest BCUT2D eigenvalue weighted by Crippen LogP contribution is -2.26. The van der Waals surface area contributed by atoms with E-state index in [4.69, 9.17) is 4.74 Å². The molecule has 4 heteroatoms. The Morgan fingerprint density at radius 1 is 0.906 bits per heavy atom. The minimum atomic E-state index is -0.382. The third-order valence-corrected chi connectivity index (χ3v) is 5.92. The summed E-state index contributed by atoms with van der Waals surface area (Å²) in [5, 5.41) is 5.14. The third-order valence-electron chi connectivity index (χ3n) is 5.92. The van der Waals surface area contributed by atoms with Crippen molar-refractivity contribution in [1.82, 2.24) is 10.3 Å². The molecule has 0 atom stereocenters. The van der Waals surface area contributed by atoms with Gasteiger partial charge in [0.2, 0.25) is 0 Å². The Hall–Kier alpha value is -3.92. The molecule has 1 aromatic heterocycles. The molecule has 1 aliphatic rings. The summed E-state index contributed by atoms with van der Waals surface area (Å²) in [6.07, 6.45) is 8.16. The maximum Gasteiger partial charge on any atom is 0.407 e. The fourth-order valence-electron chi connectivity index (χ4n) is 4.39. The van der Waals surface area contributed by atoms with Crippen LogP contribution in [0.5, 0.6) is 0 Å². The average Bonchev–Trinajstić information content (AvgIpc) is 3.16. The van der Waals surface area contributed by atoms with Crippen molar-refractivity contribution >= 4 is 22.9 Å². The van der Waals surface area contributed by atoms with E-state index in [0.29, 0.717) is 19.6 Å². The van der Waals surface area contributed by atoms with E-state index in [0.717, 1.165) is 10.9 Å². The van der Waals surface area contributed by atoms with Crippen LogP contribution < -0.4 is 5.32 Å². The second-order valence-electron chi connectivity index (χ2n) is 7.89. The van der Waals surface area contributed by atoms with E-state index >= 15 is 0 Å². The number of benzene rings is 3. The zero-order valence-corrected chi connectivity index (χ0v) is 17.7. The molecule has 1 heterocycles. The molecule has 4 aromatic rings. The van der Waals surface area contributed by atoms with Gasteiger partial charge in [-0.3, -0.25) is 4.98 Å². The third kappa shape index (κ3) is 4.00. The first-order valence-corrected chi connectivity index (χ1v) is 10.9. The van der Waals surface area contributed by atoms with Crippen molar-refractivity contribution < 1.29 is 9.53 Å². The summed E-state index contributed by atoms with van der Waals surface area (Å²) < 4.78 is 5.58. The van der Waals surface area contributed by atoms with E-state index in [9.17, 15) is 4.79 Å². The number of hydrogen-bond donors (Lipinski definition) is 1. The number of ether oxygens (including phenoxy) is 1. The van der Waals surface area contributed by atoms with E-state index in [-0.39, 0.29) is 12.0 Å². The van der Waals surface area contributed by atoms with Gasteiger partial charge in [-0.05, 0) is 34.1 Å². The molecule has 0 saturated carbocycles. The Bertz CT molecular complexity index is 1240. The summed E-state index contributed by atoms with van der Waals surface area (Å²) in [7, 11) is 0. The number of fused-ring (bicyclic) bond motifs is 4. The molecule has 0 radical (unpaired) electrons. The first kappa shape index (κ1) is 20.0. The van der Waals surface area contributed by atoms with Gasteiger partial charge in [-0.15, -0.1) is 0 Å². The van der Waals surface area contributed by atoms with E-state index in [1.165, 1.54) is 27.6 Å². The van der Waals surface area contributed by atoms with Crippen LogP contribution in [0.2, 0.25) is 0 Å². The van der Waals surface area contributed by atoms with Gasteiger partial charge in [-0.1, -0.05) is 84.9 Å². The van der Waals surface area contributed by atoms with Gasteiger partial charge in [0.1, 0.15) is 6.61 Å². The predicted octanol–water partition coefficient (Wildman–Crippen LogP) is 6.18. The fraction of sp³-hybridized carbons (Fsp3) is 0.143. The minimum Gasteiger partial charge on any atom is -0.449 e. The highest BCUT2D eigenvalue weighted by atomic mass is 16.5. The van der Waals surface area contributed by atoms with Crippen molar-refractivity contribution in [2.45, 2.75) is 12.3 Å². The van der Waals surface area contributed by atoms with Crippen LogP contribution in [0.3, 0.4) is 0 Å². The van der Waals surface area contributed by atoms with E-state index < -0.39 is 0 Å². The van der Waals surface area contributed by atoms with Crippen molar-refractivity contribution in [3.05, 3.63) is 108 Å². The number of rotatable bonds is 6. The lowest BCUT2D eigenvalue weighted by Gasteiger charge is -2.14. The van der Waals surface area contributed by atoms with Gasteiger partial charge in [0.05, 0.1) is 0 Å². The molecular formula is C28H24N2O2. The molecular weight excluding hydrogens is 396 g/mol. The molecule has 0 unspecified atom stereocenters. The number of hydrogen-bond acceptors (Lipinski definition) is 3. The number of alkyl carbamates (subject to hydrolysis) is 1. The highest BCUT2D eigenvalue weighted by molar-refractivity contribution is 5.89. The topological polar surface area (TPSA) is 51.2 Å². The van der Waals surface area contributed by atoms with Gasteiger partial charge in [-0.2, -0.15) is 0 Å². The maximum atomic E-state index is 12.3. The average molecular weight is 421 g/mol. The van der Waals surface area contributed by atoms with Gasteiger partial charge in [0.25, 0.3) is 0 Å². The van der Waals surface area contributed by atoms with Crippen molar-refractivity contribution in [2.75, 3.05) is 13.2 Å². The first-order valence-electron chi connectivity index (χ1n) is 10.9. The van der Waals surface area contributed by atoms with E-state index in [1.807, 2.05) is 54.9 Å². The highest BCUT2D eigenvalue weighted by Gasteiger charge is 2.28. The zero-order chi connectivity index (χ0) is 21.8.